The summed E-state index contributed by atoms with van der Waals surface area (Å²) in [7, 11) is 0. The number of aliphatic hydroxyl groups excluding tert-OH is 1. The smallest absolute Gasteiger partial charge is 0.264 e. The highest BCUT2D eigenvalue weighted by Gasteiger charge is 2.23. The lowest BCUT2D eigenvalue weighted by molar-refractivity contribution is 0.128. The van der Waals surface area contributed by atoms with Crippen LogP contribution in [0.15, 0.2) is 39.7 Å². The van der Waals surface area contributed by atoms with Crippen LogP contribution in [0.2, 0.25) is 0 Å². The minimum Gasteiger partial charge on any atom is -0.371 e. The molecular weight excluding hydrogens is 298 g/mol. The molecule has 1 aromatic heterocycles. The van der Waals surface area contributed by atoms with Crippen molar-refractivity contribution >= 4 is 21.9 Å². The van der Waals surface area contributed by atoms with Gasteiger partial charge in [0.05, 0.1) is 12.1 Å². The molecular formula is C12H10BrN3O2. The number of β-amino-alcohol motifs (C(OH)–C–C–N with tert-alkyl or cyclic N) is 1. The van der Waals surface area contributed by atoms with Crippen molar-refractivity contribution in [3.8, 4) is 11.1 Å². The molecule has 0 bridgehead atoms. The molecule has 0 aliphatic carbocycles. The number of anilines is 1. The molecule has 0 fully saturated rings. The first-order valence-corrected chi connectivity index (χ1v) is 6.25. The van der Waals surface area contributed by atoms with Crippen LogP contribution >= 0.6 is 15.9 Å². The molecule has 0 saturated heterocycles. The Labute approximate surface area is 111 Å². The van der Waals surface area contributed by atoms with Crippen LogP contribution in [0, 0.1) is 0 Å². The van der Waals surface area contributed by atoms with E-state index in [0.29, 0.717) is 18.1 Å². The van der Waals surface area contributed by atoms with E-state index in [-0.39, 0.29) is 5.56 Å². The molecule has 0 radical (unpaired) electrons. The van der Waals surface area contributed by atoms with Gasteiger partial charge in [0.2, 0.25) is 5.95 Å². The van der Waals surface area contributed by atoms with Gasteiger partial charge in [-0.15, -0.1) is 0 Å². The quantitative estimate of drug-likeness (QED) is 0.839. The van der Waals surface area contributed by atoms with E-state index in [1.165, 1.54) is 10.8 Å². The Hall–Kier alpha value is -1.66. The Bertz CT molecular complexity index is 651. The first-order chi connectivity index (χ1) is 8.66. The molecule has 3 rings (SSSR count). The average Bonchev–Trinajstić information content (AvgIpc) is 2.74. The summed E-state index contributed by atoms with van der Waals surface area (Å²) in [6.07, 6.45) is 0.679. The largest absolute Gasteiger partial charge is 0.371 e. The fraction of sp³-hybridized carbons (Fsp3) is 0.167. The molecule has 18 heavy (non-hydrogen) atoms. The van der Waals surface area contributed by atoms with E-state index in [2.05, 4.69) is 26.2 Å². The van der Waals surface area contributed by atoms with E-state index in [9.17, 15) is 9.90 Å². The molecule has 1 unspecified atom stereocenters. The third-order valence-corrected chi connectivity index (χ3v) is 3.42. The first kappa shape index (κ1) is 11.4. The van der Waals surface area contributed by atoms with Crippen molar-refractivity contribution in [2.75, 3.05) is 11.9 Å². The van der Waals surface area contributed by atoms with Crippen LogP contribution in [-0.2, 0) is 0 Å². The fourth-order valence-corrected chi connectivity index (χ4v) is 2.24. The van der Waals surface area contributed by atoms with E-state index in [1.54, 1.807) is 0 Å². The highest BCUT2D eigenvalue weighted by atomic mass is 79.9. The van der Waals surface area contributed by atoms with E-state index in [1.807, 2.05) is 24.3 Å². The van der Waals surface area contributed by atoms with Gasteiger partial charge >= 0.3 is 0 Å². The summed E-state index contributed by atoms with van der Waals surface area (Å²) < 4.78 is 2.22. The summed E-state index contributed by atoms with van der Waals surface area (Å²) in [5.74, 6) is 0.411. The van der Waals surface area contributed by atoms with Crippen molar-refractivity contribution < 1.29 is 5.11 Å². The Morgan fingerprint density at radius 1 is 1.39 bits per heavy atom. The zero-order valence-electron chi connectivity index (χ0n) is 9.30. The molecule has 1 aromatic carbocycles. The number of aromatic nitrogens is 2. The van der Waals surface area contributed by atoms with Crippen LogP contribution in [0.5, 0.6) is 0 Å². The minimum absolute atomic E-state index is 0.236. The summed E-state index contributed by atoms with van der Waals surface area (Å²) >= 11 is 3.35. The molecule has 1 aliphatic rings. The molecule has 0 spiro atoms. The predicted molar refractivity (Wildman–Crippen MR) is 71.4 cm³/mol. The SMILES string of the molecule is O=c1c(-c2ccc(Br)cc2)cnc2n1C(O)CN2. The lowest BCUT2D eigenvalue weighted by atomic mass is 10.1. The minimum atomic E-state index is -0.851. The van der Waals surface area contributed by atoms with Gasteiger partial charge < -0.3 is 10.4 Å². The summed E-state index contributed by atoms with van der Waals surface area (Å²) in [5.41, 5.74) is 1.03. The summed E-state index contributed by atoms with van der Waals surface area (Å²) in [6, 6.07) is 7.40. The maximum atomic E-state index is 12.3. The van der Waals surface area contributed by atoms with Gasteiger partial charge in [0.1, 0.15) is 0 Å². The predicted octanol–water partition coefficient (Wildman–Crippen LogP) is 1.59. The van der Waals surface area contributed by atoms with Gasteiger partial charge in [-0.3, -0.25) is 4.79 Å². The van der Waals surface area contributed by atoms with Crippen molar-refractivity contribution in [1.29, 1.82) is 0 Å². The summed E-state index contributed by atoms with van der Waals surface area (Å²) in [6.45, 7) is 0.312. The monoisotopic (exact) mass is 307 g/mol. The van der Waals surface area contributed by atoms with Crippen molar-refractivity contribution in [3.05, 3.63) is 45.3 Å². The van der Waals surface area contributed by atoms with E-state index < -0.39 is 6.23 Å². The zero-order valence-corrected chi connectivity index (χ0v) is 10.9. The second kappa shape index (κ2) is 4.22. The Balaban J connectivity index is 2.17. The van der Waals surface area contributed by atoms with Gasteiger partial charge in [0.25, 0.3) is 5.56 Å². The summed E-state index contributed by atoms with van der Waals surface area (Å²) in [5, 5.41) is 12.6. The van der Waals surface area contributed by atoms with Crippen LogP contribution < -0.4 is 10.9 Å². The van der Waals surface area contributed by atoms with Crippen molar-refractivity contribution in [3.63, 3.8) is 0 Å². The maximum Gasteiger partial charge on any atom is 0.264 e. The van der Waals surface area contributed by atoms with Crippen LogP contribution in [0.1, 0.15) is 6.23 Å². The number of fused-ring (bicyclic) bond motifs is 1. The number of hydrogen-bond acceptors (Lipinski definition) is 4. The van der Waals surface area contributed by atoms with Crippen LogP contribution in [0.3, 0.4) is 0 Å². The van der Waals surface area contributed by atoms with Gasteiger partial charge in [0.15, 0.2) is 6.23 Å². The lowest BCUT2D eigenvalue weighted by Gasteiger charge is -2.08. The number of hydrogen-bond donors (Lipinski definition) is 2. The number of nitrogens with zero attached hydrogens (tertiary/aromatic N) is 2. The number of aliphatic hydroxyl groups is 1. The first-order valence-electron chi connectivity index (χ1n) is 5.46. The number of rotatable bonds is 1. The van der Waals surface area contributed by atoms with Crippen LogP contribution in [-0.4, -0.2) is 21.2 Å². The summed E-state index contributed by atoms with van der Waals surface area (Å²) in [4.78, 5) is 16.4. The molecule has 2 N–H and O–H groups in total. The van der Waals surface area contributed by atoms with Crippen LogP contribution in [0.4, 0.5) is 5.95 Å². The van der Waals surface area contributed by atoms with Gasteiger partial charge in [-0.1, -0.05) is 28.1 Å². The highest BCUT2D eigenvalue weighted by molar-refractivity contribution is 9.10. The number of halogens is 1. The fourth-order valence-electron chi connectivity index (χ4n) is 1.98. The van der Waals surface area contributed by atoms with Gasteiger partial charge in [-0.2, -0.15) is 0 Å². The Morgan fingerprint density at radius 3 is 2.83 bits per heavy atom. The van der Waals surface area contributed by atoms with Crippen molar-refractivity contribution in [2.45, 2.75) is 6.23 Å². The molecule has 2 aromatic rings. The zero-order chi connectivity index (χ0) is 12.7. The molecule has 5 nitrogen and oxygen atoms in total. The normalized spacial score (nSPS) is 17.3. The topological polar surface area (TPSA) is 67.2 Å². The Morgan fingerprint density at radius 2 is 2.11 bits per heavy atom. The molecule has 1 aliphatic heterocycles. The third kappa shape index (κ3) is 1.74. The molecule has 0 saturated carbocycles. The lowest BCUT2D eigenvalue weighted by Crippen LogP contribution is -2.24. The number of nitrogens with one attached hydrogen (secondary N) is 1. The van der Waals surface area contributed by atoms with E-state index >= 15 is 0 Å². The highest BCUT2D eigenvalue weighted by Crippen LogP contribution is 2.22. The molecule has 1 atom stereocenters. The van der Waals surface area contributed by atoms with Gasteiger partial charge in [-0.05, 0) is 17.7 Å². The third-order valence-electron chi connectivity index (χ3n) is 2.89. The average molecular weight is 308 g/mol. The maximum absolute atomic E-state index is 12.3. The molecule has 2 heterocycles. The van der Waals surface area contributed by atoms with E-state index in [4.69, 9.17) is 0 Å². The van der Waals surface area contributed by atoms with E-state index in [0.717, 1.165) is 10.0 Å². The molecule has 92 valence electrons. The van der Waals surface area contributed by atoms with Crippen molar-refractivity contribution in [1.82, 2.24) is 9.55 Å². The van der Waals surface area contributed by atoms with Crippen LogP contribution in [0.25, 0.3) is 11.1 Å². The van der Waals surface area contributed by atoms with Gasteiger partial charge in [0, 0.05) is 10.7 Å². The molecule has 0 amide bonds. The second-order valence-electron chi connectivity index (χ2n) is 4.04. The van der Waals surface area contributed by atoms with Crippen molar-refractivity contribution in [2.24, 2.45) is 0 Å². The standard InChI is InChI=1S/C12H10BrN3O2/c13-8-3-1-7(2-4-8)9-5-14-12-15-6-10(17)16(12)11(9)18/h1-5,10,17H,6H2,(H,14,15). The van der Waals surface area contributed by atoms with Gasteiger partial charge in [-0.25, -0.2) is 9.55 Å². The number of benzene rings is 1. The Kier molecular flexibility index (Phi) is 2.68. The second-order valence-corrected chi connectivity index (χ2v) is 4.95. The molecule has 6 heteroatoms.